The van der Waals surface area contributed by atoms with Crippen molar-refractivity contribution in [1.82, 2.24) is 20.0 Å². The number of nitrogens with one attached hydrogen (secondary N) is 1. The van der Waals surface area contributed by atoms with E-state index in [9.17, 15) is 0 Å². The molecule has 0 bridgehead atoms. The van der Waals surface area contributed by atoms with Gasteiger partial charge in [0.2, 0.25) is 5.13 Å². The molecule has 0 aromatic carbocycles. The van der Waals surface area contributed by atoms with Crippen molar-refractivity contribution in [2.45, 2.75) is 6.92 Å². The molecule has 0 saturated carbocycles. The molecular weight excluding hydrogens is 198 g/mol. The molecule has 0 amide bonds. The van der Waals surface area contributed by atoms with E-state index in [0.29, 0.717) is 0 Å². The highest BCUT2D eigenvalue weighted by Crippen LogP contribution is 2.25. The first-order valence-corrected chi connectivity index (χ1v) is 5.17. The molecule has 0 atom stereocenters. The lowest BCUT2D eigenvalue weighted by molar-refractivity contribution is 0.768. The maximum atomic E-state index is 4.08. The van der Waals surface area contributed by atoms with Gasteiger partial charge in [0.1, 0.15) is 0 Å². The summed E-state index contributed by atoms with van der Waals surface area (Å²) < 4.78 is 1.75. The third kappa shape index (κ3) is 1.74. The lowest BCUT2D eigenvalue weighted by Crippen LogP contribution is -1.94. The summed E-state index contributed by atoms with van der Waals surface area (Å²) in [7, 11) is 1.88. The van der Waals surface area contributed by atoms with E-state index < -0.39 is 0 Å². The van der Waals surface area contributed by atoms with Gasteiger partial charge >= 0.3 is 0 Å². The Bertz CT molecular complexity index is 419. The zero-order valence-corrected chi connectivity index (χ0v) is 8.88. The topological polar surface area (TPSA) is 55.6 Å². The highest BCUT2D eigenvalue weighted by Gasteiger charge is 2.06. The zero-order valence-electron chi connectivity index (χ0n) is 8.06. The van der Waals surface area contributed by atoms with Crippen LogP contribution < -0.4 is 5.32 Å². The van der Waals surface area contributed by atoms with E-state index in [1.807, 2.05) is 20.2 Å². The van der Waals surface area contributed by atoms with Crippen LogP contribution in [0.3, 0.4) is 0 Å². The lowest BCUT2D eigenvalue weighted by atomic mass is 10.4. The predicted octanol–water partition coefficient (Wildman–Crippen LogP) is 1.37. The van der Waals surface area contributed by atoms with Crippen molar-refractivity contribution < 1.29 is 0 Å². The van der Waals surface area contributed by atoms with Gasteiger partial charge in [-0.15, -0.1) is 10.2 Å². The largest absolute Gasteiger partial charge is 0.360 e. The van der Waals surface area contributed by atoms with Gasteiger partial charge in [0, 0.05) is 19.8 Å². The minimum Gasteiger partial charge on any atom is -0.360 e. The number of aryl methyl sites for hydroxylation is 1. The van der Waals surface area contributed by atoms with Crippen LogP contribution in [-0.4, -0.2) is 26.5 Å². The van der Waals surface area contributed by atoms with Gasteiger partial charge in [0.15, 0.2) is 5.01 Å². The fraction of sp³-hybridized carbons (Fsp3) is 0.375. The molecule has 0 unspecified atom stereocenters. The van der Waals surface area contributed by atoms with E-state index in [2.05, 4.69) is 20.6 Å². The van der Waals surface area contributed by atoms with Crippen molar-refractivity contribution in [2.24, 2.45) is 7.05 Å². The molecule has 0 fully saturated rings. The van der Waals surface area contributed by atoms with Crippen LogP contribution in [-0.2, 0) is 7.05 Å². The first-order chi connectivity index (χ1) is 6.79. The Morgan fingerprint density at radius 3 is 3.00 bits per heavy atom. The van der Waals surface area contributed by atoms with Crippen LogP contribution in [0.25, 0.3) is 10.6 Å². The maximum absolute atomic E-state index is 4.08. The maximum Gasteiger partial charge on any atom is 0.205 e. The lowest BCUT2D eigenvalue weighted by Gasteiger charge is -1.91. The number of aromatic nitrogens is 4. The molecule has 14 heavy (non-hydrogen) atoms. The van der Waals surface area contributed by atoms with Crippen molar-refractivity contribution in [3.8, 4) is 10.6 Å². The second-order valence-electron chi connectivity index (χ2n) is 2.85. The van der Waals surface area contributed by atoms with Gasteiger partial charge in [-0.25, -0.2) is 0 Å². The molecule has 2 rings (SSSR count). The number of hydrogen-bond donors (Lipinski definition) is 1. The highest BCUT2D eigenvalue weighted by atomic mass is 32.1. The Kier molecular flexibility index (Phi) is 2.45. The Hall–Kier alpha value is -1.43. The van der Waals surface area contributed by atoms with Crippen molar-refractivity contribution in [3.05, 3.63) is 12.4 Å². The molecule has 6 heteroatoms. The second kappa shape index (κ2) is 3.75. The van der Waals surface area contributed by atoms with Gasteiger partial charge in [0.05, 0.1) is 11.8 Å². The third-order valence-corrected chi connectivity index (χ3v) is 2.63. The van der Waals surface area contributed by atoms with Gasteiger partial charge in [-0.3, -0.25) is 4.68 Å². The number of anilines is 1. The van der Waals surface area contributed by atoms with Crippen LogP contribution in [0, 0.1) is 0 Å². The van der Waals surface area contributed by atoms with Crippen molar-refractivity contribution >= 4 is 16.5 Å². The Morgan fingerprint density at radius 1 is 1.50 bits per heavy atom. The number of nitrogens with zero attached hydrogens (tertiary/aromatic N) is 4. The number of rotatable bonds is 3. The van der Waals surface area contributed by atoms with Gasteiger partial charge in [-0.1, -0.05) is 11.3 Å². The van der Waals surface area contributed by atoms with E-state index in [1.54, 1.807) is 10.9 Å². The van der Waals surface area contributed by atoms with Crippen LogP contribution in [0.15, 0.2) is 12.4 Å². The molecule has 1 N–H and O–H groups in total. The minimum absolute atomic E-state index is 0.853. The van der Waals surface area contributed by atoms with Crippen LogP contribution in [0.2, 0.25) is 0 Å². The summed E-state index contributed by atoms with van der Waals surface area (Å²) in [6.45, 7) is 2.90. The Balaban J connectivity index is 2.24. The van der Waals surface area contributed by atoms with E-state index >= 15 is 0 Å². The molecule has 5 nitrogen and oxygen atoms in total. The molecule has 0 aliphatic heterocycles. The summed E-state index contributed by atoms with van der Waals surface area (Å²) in [5, 5.41) is 17.0. The molecular formula is C8H11N5S. The molecule has 2 aromatic rings. The standard InChI is InChI=1S/C8H11N5S/c1-3-9-8-12-11-7(14-8)6-4-10-13(2)5-6/h4-5H,3H2,1-2H3,(H,9,12). The minimum atomic E-state index is 0.853. The molecule has 2 aromatic heterocycles. The number of hydrogen-bond acceptors (Lipinski definition) is 5. The summed E-state index contributed by atoms with van der Waals surface area (Å²) in [4.78, 5) is 0. The van der Waals surface area contributed by atoms with E-state index in [-0.39, 0.29) is 0 Å². The van der Waals surface area contributed by atoms with Crippen LogP contribution >= 0.6 is 11.3 Å². The monoisotopic (exact) mass is 209 g/mol. The second-order valence-corrected chi connectivity index (χ2v) is 3.82. The molecule has 0 aliphatic rings. The molecule has 0 radical (unpaired) electrons. The fourth-order valence-electron chi connectivity index (χ4n) is 1.09. The summed E-state index contributed by atoms with van der Waals surface area (Å²) in [6.07, 6.45) is 3.71. The Morgan fingerprint density at radius 2 is 2.36 bits per heavy atom. The van der Waals surface area contributed by atoms with Gasteiger partial charge in [0.25, 0.3) is 0 Å². The average Bonchev–Trinajstić information content (AvgIpc) is 2.74. The summed E-state index contributed by atoms with van der Waals surface area (Å²) in [5.41, 5.74) is 1.01. The van der Waals surface area contributed by atoms with Crippen molar-refractivity contribution in [2.75, 3.05) is 11.9 Å². The smallest absolute Gasteiger partial charge is 0.205 e. The zero-order chi connectivity index (χ0) is 9.97. The fourth-order valence-corrected chi connectivity index (χ4v) is 1.88. The normalized spacial score (nSPS) is 10.4. The molecule has 0 spiro atoms. The SMILES string of the molecule is CCNc1nnc(-c2cnn(C)c2)s1. The average molecular weight is 209 g/mol. The van der Waals surface area contributed by atoms with Gasteiger partial charge in [-0.2, -0.15) is 5.10 Å². The molecule has 0 saturated heterocycles. The molecule has 0 aliphatic carbocycles. The van der Waals surface area contributed by atoms with Crippen LogP contribution in [0.4, 0.5) is 5.13 Å². The van der Waals surface area contributed by atoms with E-state index in [0.717, 1.165) is 22.2 Å². The molecule has 74 valence electrons. The quantitative estimate of drug-likeness (QED) is 0.829. The highest BCUT2D eigenvalue weighted by molar-refractivity contribution is 7.18. The first-order valence-electron chi connectivity index (χ1n) is 4.36. The van der Waals surface area contributed by atoms with Crippen LogP contribution in [0.1, 0.15) is 6.92 Å². The third-order valence-electron chi connectivity index (χ3n) is 1.70. The molecule has 2 heterocycles. The van der Waals surface area contributed by atoms with Crippen molar-refractivity contribution in [1.29, 1.82) is 0 Å². The van der Waals surface area contributed by atoms with Gasteiger partial charge in [-0.05, 0) is 6.92 Å². The summed E-state index contributed by atoms with van der Waals surface area (Å²) in [5.74, 6) is 0. The predicted molar refractivity (Wildman–Crippen MR) is 56.3 cm³/mol. The Labute approximate surface area is 85.8 Å². The van der Waals surface area contributed by atoms with Crippen LogP contribution in [0.5, 0.6) is 0 Å². The summed E-state index contributed by atoms with van der Waals surface area (Å²) >= 11 is 1.54. The first kappa shape index (κ1) is 9.14. The van der Waals surface area contributed by atoms with E-state index in [1.165, 1.54) is 11.3 Å². The van der Waals surface area contributed by atoms with E-state index in [4.69, 9.17) is 0 Å². The van der Waals surface area contributed by atoms with Gasteiger partial charge < -0.3 is 5.32 Å². The van der Waals surface area contributed by atoms with Crippen molar-refractivity contribution in [3.63, 3.8) is 0 Å². The summed E-state index contributed by atoms with van der Waals surface area (Å²) in [6, 6.07) is 0.